The summed E-state index contributed by atoms with van der Waals surface area (Å²) in [5, 5.41) is 7.21. The third kappa shape index (κ3) is 5.07. The van der Waals surface area contributed by atoms with E-state index >= 15 is 0 Å². The first-order chi connectivity index (χ1) is 14.0. The first-order valence-corrected chi connectivity index (χ1v) is 9.26. The average Bonchev–Trinajstić information content (AvgIpc) is 3.00. The minimum atomic E-state index is -0.558. The lowest BCUT2D eigenvalue weighted by molar-refractivity contribution is -0.147. The fraction of sp³-hybridized carbons (Fsp3) is 0.227. The zero-order valence-corrected chi connectivity index (χ0v) is 16.3. The number of benzene rings is 2. The highest BCUT2D eigenvalue weighted by Gasteiger charge is 2.16. The molecule has 0 atom stereocenters. The molecule has 0 aliphatic carbocycles. The maximum atomic E-state index is 13.6. The molecule has 0 aliphatic heterocycles. The van der Waals surface area contributed by atoms with Crippen LogP contribution in [0.1, 0.15) is 23.4 Å². The van der Waals surface area contributed by atoms with Gasteiger partial charge in [0.05, 0.1) is 22.8 Å². The van der Waals surface area contributed by atoms with Gasteiger partial charge in [0.1, 0.15) is 5.82 Å². The van der Waals surface area contributed by atoms with Gasteiger partial charge in [-0.3, -0.25) is 9.59 Å². The Kier molecular flexibility index (Phi) is 6.39. The summed E-state index contributed by atoms with van der Waals surface area (Å²) in [6, 6.07) is 15.8. The first kappa shape index (κ1) is 20.3. The standard InChI is InChI=1S/C22H22FN3O3/c1-15-22(16(2)26(25-15)18-9-4-3-5-10-18)24-20(27)14-29-21(28)13-12-17-8-6-7-11-19(17)23/h3-11H,12-14H2,1-2H3,(H,24,27). The fourth-order valence-electron chi connectivity index (χ4n) is 2.98. The molecule has 0 spiro atoms. The van der Waals surface area contributed by atoms with Gasteiger partial charge < -0.3 is 10.1 Å². The predicted molar refractivity (Wildman–Crippen MR) is 107 cm³/mol. The monoisotopic (exact) mass is 395 g/mol. The molecular formula is C22H22FN3O3. The van der Waals surface area contributed by atoms with Crippen molar-refractivity contribution in [2.45, 2.75) is 26.7 Å². The van der Waals surface area contributed by atoms with E-state index in [1.165, 1.54) is 6.07 Å². The Bertz CT molecular complexity index is 1020. The molecule has 1 aromatic heterocycles. The Balaban J connectivity index is 1.54. The number of ether oxygens (including phenoxy) is 1. The van der Waals surface area contributed by atoms with Crippen LogP contribution in [0.2, 0.25) is 0 Å². The second-order valence-electron chi connectivity index (χ2n) is 6.59. The fourth-order valence-corrected chi connectivity index (χ4v) is 2.98. The summed E-state index contributed by atoms with van der Waals surface area (Å²) in [6.07, 6.45) is 0.216. The van der Waals surface area contributed by atoms with Crippen molar-refractivity contribution in [3.63, 3.8) is 0 Å². The van der Waals surface area contributed by atoms with Crippen molar-refractivity contribution in [1.82, 2.24) is 9.78 Å². The number of amides is 1. The van der Waals surface area contributed by atoms with Gasteiger partial charge in [-0.15, -0.1) is 0 Å². The number of para-hydroxylation sites is 1. The number of carbonyl (C=O) groups excluding carboxylic acids is 2. The third-order valence-electron chi connectivity index (χ3n) is 4.48. The molecule has 0 bridgehead atoms. The third-order valence-corrected chi connectivity index (χ3v) is 4.48. The molecule has 0 saturated carbocycles. The number of nitrogens with zero attached hydrogens (tertiary/aromatic N) is 2. The van der Waals surface area contributed by atoms with Crippen molar-refractivity contribution in [2.24, 2.45) is 0 Å². The summed E-state index contributed by atoms with van der Waals surface area (Å²) in [5.41, 5.74) is 3.33. The van der Waals surface area contributed by atoms with Crippen molar-refractivity contribution in [3.8, 4) is 5.69 Å². The Morgan fingerprint density at radius 1 is 1.07 bits per heavy atom. The van der Waals surface area contributed by atoms with Crippen LogP contribution < -0.4 is 5.32 Å². The van der Waals surface area contributed by atoms with Crippen LogP contribution in [0.25, 0.3) is 5.69 Å². The van der Waals surface area contributed by atoms with E-state index in [4.69, 9.17) is 4.74 Å². The van der Waals surface area contributed by atoms with Crippen LogP contribution >= 0.6 is 0 Å². The molecular weight excluding hydrogens is 373 g/mol. The van der Waals surface area contributed by atoms with Crippen LogP contribution in [0.3, 0.4) is 0 Å². The number of carbonyl (C=O) groups is 2. The van der Waals surface area contributed by atoms with Crippen LogP contribution in [-0.4, -0.2) is 28.3 Å². The smallest absolute Gasteiger partial charge is 0.306 e. The lowest BCUT2D eigenvalue weighted by Gasteiger charge is -2.08. The molecule has 2 aromatic carbocycles. The molecule has 0 unspecified atom stereocenters. The normalized spacial score (nSPS) is 10.6. The van der Waals surface area contributed by atoms with Crippen LogP contribution in [0.15, 0.2) is 54.6 Å². The summed E-state index contributed by atoms with van der Waals surface area (Å²) in [4.78, 5) is 24.1. The largest absolute Gasteiger partial charge is 0.456 e. The number of esters is 1. The van der Waals surface area contributed by atoms with E-state index in [2.05, 4.69) is 10.4 Å². The molecule has 0 radical (unpaired) electrons. The number of nitrogens with one attached hydrogen (secondary N) is 1. The van der Waals surface area contributed by atoms with Crippen LogP contribution in [0, 0.1) is 19.7 Å². The Labute approximate surface area is 168 Å². The van der Waals surface area contributed by atoms with Crippen molar-refractivity contribution < 1.29 is 18.7 Å². The van der Waals surface area contributed by atoms with Gasteiger partial charge in [-0.05, 0) is 44.0 Å². The van der Waals surface area contributed by atoms with Crippen molar-refractivity contribution in [3.05, 3.63) is 77.4 Å². The molecule has 29 heavy (non-hydrogen) atoms. The molecule has 7 heteroatoms. The Morgan fingerprint density at radius 2 is 1.76 bits per heavy atom. The predicted octanol–water partition coefficient (Wildman–Crippen LogP) is 3.74. The van der Waals surface area contributed by atoms with Crippen molar-refractivity contribution in [1.29, 1.82) is 0 Å². The van der Waals surface area contributed by atoms with E-state index in [0.29, 0.717) is 16.9 Å². The number of rotatable bonds is 7. The summed E-state index contributed by atoms with van der Waals surface area (Å²) in [7, 11) is 0. The van der Waals surface area contributed by atoms with Crippen molar-refractivity contribution >= 4 is 17.6 Å². The average molecular weight is 395 g/mol. The molecule has 1 amide bonds. The van der Waals surface area contributed by atoms with Crippen LogP contribution in [-0.2, 0) is 20.7 Å². The summed E-state index contributed by atoms with van der Waals surface area (Å²) >= 11 is 0. The topological polar surface area (TPSA) is 73.2 Å². The number of hydrogen-bond acceptors (Lipinski definition) is 4. The number of halogens is 1. The summed E-state index contributed by atoms with van der Waals surface area (Å²) in [5.74, 6) is -1.38. The number of aryl methyl sites for hydroxylation is 2. The van der Waals surface area contributed by atoms with Gasteiger partial charge in [0.2, 0.25) is 0 Å². The van der Waals surface area contributed by atoms with Crippen LogP contribution in [0.5, 0.6) is 0 Å². The lowest BCUT2D eigenvalue weighted by atomic mass is 10.1. The van der Waals surface area contributed by atoms with Crippen molar-refractivity contribution in [2.75, 3.05) is 11.9 Å². The maximum Gasteiger partial charge on any atom is 0.306 e. The molecule has 3 aromatic rings. The Morgan fingerprint density at radius 3 is 2.48 bits per heavy atom. The molecule has 0 saturated heterocycles. The van der Waals surface area contributed by atoms with Gasteiger partial charge in [0, 0.05) is 6.42 Å². The molecule has 0 aliphatic rings. The van der Waals surface area contributed by atoms with E-state index in [-0.39, 0.29) is 18.7 Å². The quantitative estimate of drug-likeness (QED) is 0.619. The zero-order valence-electron chi connectivity index (χ0n) is 16.3. The van der Waals surface area contributed by atoms with E-state index in [0.717, 1.165) is 11.4 Å². The highest BCUT2D eigenvalue weighted by atomic mass is 19.1. The first-order valence-electron chi connectivity index (χ1n) is 9.26. The molecule has 150 valence electrons. The molecule has 6 nitrogen and oxygen atoms in total. The second-order valence-corrected chi connectivity index (χ2v) is 6.59. The minimum Gasteiger partial charge on any atom is -0.456 e. The molecule has 0 fully saturated rings. The maximum absolute atomic E-state index is 13.6. The van der Waals surface area contributed by atoms with E-state index in [9.17, 15) is 14.0 Å². The van der Waals surface area contributed by atoms with Gasteiger partial charge in [-0.1, -0.05) is 36.4 Å². The molecule has 1 heterocycles. The van der Waals surface area contributed by atoms with E-state index in [1.807, 2.05) is 37.3 Å². The van der Waals surface area contributed by atoms with Gasteiger partial charge in [-0.25, -0.2) is 9.07 Å². The summed E-state index contributed by atoms with van der Waals surface area (Å²) in [6.45, 7) is 3.23. The lowest BCUT2D eigenvalue weighted by Crippen LogP contribution is -2.21. The zero-order chi connectivity index (χ0) is 20.8. The Hall–Kier alpha value is -3.48. The van der Waals surface area contributed by atoms with Gasteiger partial charge in [0.25, 0.3) is 5.91 Å². The molecule has 3 rings (SSSR count). The number of aromatic nitrogens is 2. The van der Waals surface area contributed by atoms with Crippen LogP contribution in [0.4, 0.5) is 10.1 Å². The number of anilines is 1. The minimum absolute atomic E-state index is 0.00178. The highest BCUT2D eigenvalue weighted by molar-refractivity contribution is 5.93. The van der Waals surface area contributed by atoms with Gasteiger partial charge in [0.15, 0.2) is 6.61 Å². The van der Waals surface area contributed by atoms with Gasteiger partial charge >= 0.3 is 5.97 Å². The molecule has 1 N–H and O–H groups in total. The van der Waals surface area contributed by atoms with E-state index < -0.39 is 18.5 Å². The SMILES string of the molecule is Cc1nn(-c2ccccc2)c(C)c1NC(=O)COC(=O)CCc1ccccc1F. The second kappa shape index (κ2) is 9.14. The van der Waals surface area contributed by atoms with Gasteiger partial charge in [-0.2, -0.15) is 5.10 Å². The highest BCUT2D eigenvalue weighted by Crippen LogP contribution is 2.22. The summed E-state index contributed by atoms with van der Waals surface area (Å²) < 4.78 is 20.3. The van der Waals surface area contributed by atoms with E-state index in [1.54, 1.807) is 29.8 Å². The number of hydrogen-bond donors (Lipinski definition) is 1.